The fourth-order valence-corrected chi connectivity index (χ4v) is 0.775. The van der Waals surface area contributed by atoms with Crippen molar-refractivity contribution < 1.29 is 24.7 Å². The van der Waals surface area contributed by atoms with Crippen molar-refractivity contribution in [3.63, 3.8) is 0 Å². The Labute approximate surface area is 90.2 Å². The van der Waals surface area contributed by atoms with E-state index in [0.717, 1.165) is 6.08 Å². The molecule has 2 N–H and O–H groups in total. The van der Waals surface area contributed by atoms with Crippen LogP contribution in [0, 0.1) is 10.1 Å². The van der Waals surface area contributed by atoms with Crippen molar-refractivity contribution in [1.29, 1.82) is 0 Å². The van der Waals surface area contributed by atoms with Crippen LogP contribution in [-0.4, -0.2) is 27.1 Å². The van der Waals surface area contributed by atoms with Crippen LogP contribution in [0.25, 0.3) is 0 Å². The molecule has 0 heterocycles. The number of carboxylic acid groups (broad SMARTS) is 2. The van der Waals surface area contributed by atoms with Crippen LogP contribution in [0.5, 0.6) is 0 Å². The van der Waals surface area contributed by atoms with Crippen molar-refractivity contribution in [2.45, 2.75) is 6.92 Å². The molecule has 0 fully saturated rings. The van der Waals surface area contributed by atoms with Gasteiger partial charge < -0.3 is 10.2 Å². The molecule has 0 aliphatic rings. The van der Waals surface area contributed by atoms with Gasteiger partial charge in [-0.25, -0.2) is 9.59 Å². The maximum absolute atomic E-state index is 10.6. The third kappa shape index (κ3) is 3.37. The normalized spacial score (nSPS) is 12.1. The first-order valence-electron chi connectivity index (χ1n) is 3.99. The molecule has 7 nitrogen and oxygen atoms in total. The smallest absolute Gasteiger partial charge is 0.342 e. The molecule has 0 saturated carbocycles. The van der Waals surface area contributed by atoms with Gasteiger partial charge in [0.15, 0.2) is 0 Å². The Morgan fingerprint density at radius 1 is 1.31 bits per heavy atom. The molecular weight excluding hydrogens is 218 g/mol. The van der Waals surface area contributed by atoms with E-state index in [-0.39, 0.29) is 5.57 Å². The first kappa shape index (κ1) is 13.6. The lowest BCUT2D eigenvalue weighted by Gasteiger charge is -1.98. The SMILES string of the molecule is C=C(C(=O)O)/C(=C\C(=C/C)C(=O)O)[N+](=O)[O-]. The highest BCUT2D eigenvalue weighted by molar-refractivity contribution is 5.93. The Hall–Kier alpha value is -2.44. The fourth-order valence-electron chi connectivity index (χ4n) is 0.775. The fraction of sp³-hybridized carbons (Fsp3) is 0.111. The molecule has 0 aromatic heterocycles. The second kappa shape index (κ2) is 5.44. The van der Waals surface area contributed by atoms with E-state index < -0.39 is 28.1 Å². The van der Waals surface area contributed by atoms with E-state index in [1.54, 1.807) is 0 Å². The number of carbonyl (C=O) groups is 2. The molecule has 86 valence electrons. The van der Waals surface area contributed by atoms with Crippen LogP contribution in [-0.2, 0) is 9.59 Å². The highest BCUT2D eigenvalue weighted by atomic mass is 16.6. The summed E-state index contributed by atoms with van der Waals surface area (Å²) in [4.78, 5) is 30.6. The highest BCUT2D eigenvalue weighted by Gasteiger charge is 2.23. The molecule has 0 bridgehead atoms. The minimum Gasteiger partial charge on any atom is -0.478 e. The van der Waals surface area contributed by atoms with Gasteiger partial charge in [-0.05, 0) is 6.92 Å². The van der Waals surface area contributed by atoms with Gasteiger partial charge in [0.05, 0.1) is 10.5 Å². The minimum absolute atomic E-state index is 0.380. The average molecular weight is 227 g/mol. The molecule has 7 heteroatoms. The van der Waals surface area contributed by atoms with Crippen molar-refractivity contribution >= 4 is 11.9 Å². The molecule has 0 aromatic rings. The zero-order valence-corrected chi connectivity index (χ0v) is 8.34. The van der Waals surface area contributed by atoms with Gasteiger partial charge in [0.1, 0.15) is 5.57 Å². The van der Waals surface area contributed by atoms with Gasteiger partial charge >= 0.3 is 11.9 Å². The minimum atomic E-state index is -1.58. The summed E-state index contributed by atoms with van der Waals surface area (Å²) in [5, 5.41) is 27.6. The maximum atomic E-state index is 10.6. The van der Waals surface area contributed by atoms with Gasteiger partial charge in [-0.15, -0.1) is 0 Å². The van der Waals surface area contributed by atoms with Gasteiger partial charge in [0.2, 0.25) is 0 Å². The molecule has 0 spiro atoms. The summed E-state index contributed by atoms with van der Waals surface area (Å²) in [5.41, 5.74) is -2.01. The molecule has 0 aliphatic heterocycles. The first-order valence-corrected chi connectivity index (χ1v) is 3.99. The quantitative estimate of drug-likeness (QED) is 0.310. The summed E-state index contributed by atoms with van der Waals surface area (Å²) >= 11 is 0. The highest BCUT2D eigenvalue weighted by Crippen LogP contribution is 2.12. The number of nitro groups is 1. The molecule has 0 rings (SSSR count). The van der Waals surface area contributed by atoms with Crippen molar-refractivity contribution in [2.24, 2.45) is 0 Å². The van der Waals surface area contributed by atoms with Crippen LogP contribution in [0.2, 0.25) is 0 Å². The molecule has 16 heavy (non-hydrogen) atoms. The van der Waals surface area contributed by atoms with Gasteiger partial charge in [-0.2, -0.15) is 0 Å². The van der Waals surface area contributed by atoms with E-state index in [1.165, 1.54) is 6.92 Å². The molecular formula is C9H9NO6. The number of hydrogen-bond acceptors (Lipinski definition) is 4. The predicted octanol–water partition coefficient (Wildman–Crippen LogP) is 0.819. The van der Waals surface area contributed by atoms with Crippen LogP contribution in [0.1, 0.15) is 6.92 Å². The Bertz CT molecular complexity index is 418. The van der Waals surface area contributed by atoms with Gasteiger partial charge in [-0.1, -0.05) is 12.7 Å². The van der Waals surface area contributed by atoms with Gasteiger partial charge in [0, 0.05) is 6.08 Å². The lowest BCUT2D eigenvalue weighted by molar-refractivity contribution is -0.420. The molecule has 0 aromatic carbocycles. The number of allylic oxidation sites excluding steroid dienone is 1. The molecule has 0 saturated heterocycles. The Kier molecular flexibility index (Phi) is 4.61. The summed E-state index contributed by atoms with van der Waals surface area (Å²) < 4.78 is 0. The van der Waals surface area contributed by atoms with E-state index in [1.807, 2.05) is 0 Å². The lowest BCUT2D eigenvalue weighted by atomic mass is 10.1. The van der Waals surface area contributed by atoms with Crippen LogP contribution >= 0.6 is 0 Å². The predicted molar refractivity (Wildman–Crippen MR) is 53.2 cm³/mol. The summed E-state index contributed by atoms with van der Waals surface area (Å²) in [5.74, 6) is -2.97. The number of nitrogens with zero attached hydrogens (tertiary/aromatic N) is 1. The zero-order valence-electron chi connectivity index (χ0n) is 8.34. The Morgan fingerprint density at radius 2 is 1.81 bits per heavy atom. The number of aliphatic carboxylic acids is 2. The first-order chi connectivity index (χ1) is 7.31. The van der Waals surface area contributed by atoms with Crippen LogP contribution < -0.4 is 0 Å². The largest absolute Gasteiger partial charge is 0.478 e. The number of rotatable bonds is 5. The van der Waals surface area contributed by atoms with Crippen molar-refractivity contribution in [3.05, 3.63) is 45.7 Å². The monoisotopic (exact) mass is 227 g/mol. The summed E-state index contributed by atoms with van der Waals surface area (Å²) in [6.45, 7) is 4.35. The third-order valence-corrected chi connectivity index (χ3v) is 1.61. The average Bonchev–Trinajstić information content (AvgIpc) is 2.17. The second-order valence-electron chi connectivity index (χ2n) is 2.62. The van der Waals surface area contributed by atoms with E-state index in [2.05, 4.69) is 6.58 Å². The molecule has 0 atom stereocenters. The van der Waals surface area contributed by atoms with E-state index >= 15 is 0 Å². The second-order valence-corrected chi connectivity index (χ2v) is 2.62. The summed E-state index contributed by atoms with van der Waals surface area (Å²) in [6.07, 6.45) is 1.76. The Balaban J connectivity index is 5.47. The Morgan fingerprint density at radius 3 is 2.06 bits per heavy atom. The maximum Gasteiger partial charge on any atom is 0.342 e. The number of carboxylic acids is 2. The van der Waals surface area contributed by atoms with Crippen molar-refractivity contribution in [1.82, 2.24) is 0 Å². The van der Waals surface area contributed by atoms with Crippen LogP contribution in [0.3, 0.4) is 0 Å². The summed E-state index contributed by atoms with van der Waals surface area (Å²) in [6, 6.07) is 0. The topological polar surface area (TPSA) is 118 Å². The van der Waals surface area contributed by atoms with Crippen molar-refractivity contribution in [3.8, 4) is 0 Å². The standard InChI is InChI=1S/C9H9NO6/c1-3-6(9(13)14)4-7(10(15)16)5(2)8(11)12/h3-4H,2H2,1H3,(H,11,12)(H,13,14)/b6-3+,7-4+. The summed E-state index contributed by atoms with van der Waals surface area (Å²) in [7, 11) is 0. The molecule has 0 radical (unpaired) electrons. The van der Waals surface area contributed by atoms with Gasteiger partial charge in [0.25, 0.3) is 5.70 Å². The van der Waals surface area contributed by atoms with Crippen LogP contribution in [0.15, 0.2) is 35.6 Å². The zero-order chi connectivity index (χ0) is 12.9. The third-order valence-electron chi connectivity index (χ3n) is 1.61. The van der Waals surface area contributed by atoms with E-state index in [9.17, 15) is 19.7 Å². The van der Waals surface area contributed by atoms with E-state index in [0.29, 0.717) is 6.08 Å². The lowest BCUT2D eigenvalue weighted by Crippen LogP contribution is -2.11. The number of hydrogen-bond donors (Lipinski definition) is 2. The van der Waals surface area contributed by atoms with Crippen molar-refractivity contribution in [2.75, 3.05) is 0 Å². The van der Waals surface area contributed by atoms with Gasteiger partial charge in [-0.3, -0.25) is 10.1 Å². The van der Waals surface area contributed by atoms with Crippen LogP contribution in [0.4, 0.5) is 0 Å². The van der Waals surface area contributed by atoms with E-state index in [4.69, 9.17) is 10.2 Å². The molecule has 0 amide bonds. The molecule has 0 unspecified atom stereocenters. The molecule has 0 aliphatic carbocycles.